The minimum Gasteiger partial charge on any atom is -0.370 e. The van der Waals surface area contributed by atoms with E-state index < -0.39 is 0 Å². The number of nitrogens with one attached hydrogen (secondary N) is 1. The summed E-state index contributed by atoms with van der Waals surface area (Å²) in [6, 6.07) is 9.63. The number of hydrogen-bond acceptors (Lipinski definition) is 3. The normalized spacial score (nSPS) is 21.0. The van der Waals surface area contributed by atoms with Crippen LogP contribution in [0.5, 0.6) is 0 Å². The zero-order chi connectivity index (χ0) is 19.6. The topological polar surface area (TPSA) is 88.5 Å². The van der Waals surface area contributed by atoms with Gasteiger partial charge in [0.15, 0.2) is 5.96 Å². The number of carbonyl (C=O) groups excluding carboxylic acids is 1. The first-order valence-corrected chi connectivity index (χ1v) is 9.18. The number of para-hydroxylation sites is 1. The summed E-state index contributed by atoms with van der Waals surface area (Å²) < 4.78 is 1.77. The zero-order valence-corrected chi connectivity index (χ0v) is 16.4. The molecule has 0 aliphatic carbocycles. The molecule has 3 rings (SSSR count). The number of carbonyl (C=O) groups is 1. The number of rotatable bonds is 4. The highest BCUT2D eigenvalue weighted by atomic mass is 16.2. The van der Waals surface area contributed by atoms with Crippen molar-refractivity contribution in [2.45, 2.75) is 38.8 Å². The standard InChI is InChI=1S/C20H28N6O/c1-20(2,3)26-17(27)10-14(18(26)15-12-23-25(4)13-15)11-22-19(21)24-16-8-6-5-7-9-16/h5-9,12-14,18H,10-11H2,1-4H3,(H3,21,22,24)/t14-,18+/m0/s1. The maximum Gasteiger partial charge on any atom is 0.223 e. The van der Waals surface area contributed by atoms with Crippen molar-refractivity contribution in [3.63, 3.8) is 0 Å². The molecule has 2 aromatic rings. The Morgan fingerprint density at radius 1 is 1.33 bits per heavy atom. The Bertz CT molecular complexity index is 820. The number of amides is 1. The Kier molecular flexibility index (Phi) is 5.21. The third-order valence-electron chi connectivity index (χ3n) is 4.76. The molecular formula is C20H28N6O. The molecule has 0 saturated carbocycles. The van der Waals surface area contributed by atoms with Crippen LogP contribution < -0.4 is 11.1 Å². The largest absolute Gasteiger partial charge is 0.370 e. The minimum absolute atomic E-state index is 0.0528. The van der Waals surface area contributed by atoms with Crippen molar-refractivity contribution in [3.8, 4) is 0 Å². The number of nitrogens with two attached hydrogens (primary N) is 1. The molecule has 2 atom stereocenters. The predicted molar refractivity (Wildman–Crippen MR) is 107 cm³/mol. The van der Waals surface area contributed by atoms with E-state index in [4.69, 9.17) is 5.73 Å². The number of likely N-dealkylation sites (tertiary alicyclic amines) is 1. The predicted octanol–water partition coefficient (Wildman–Crippen LogP) is 2.54. The van der Waals surface area contributed by atoms with Gasteiger partial charge in [-0.05, 0) is 32.9 Å². The van der Waals surface area contributed by atoms with Crippen molar-refractivity contribution >= 4 is 17.6 Å². The van der Waals surface area contributed by atoms with E-state index in [9.17, 15) is 4.79 Å². The lowest BCUT2D eigenvalue weighted by Gasteiger charge is -2.38. The number of aliphatic imine (C=N–C) groups is 1. The number of hydrogen-bond donors (Lipinski definition) is 2. The first-order chi connectivity index (χ1) is 12.8. The van der Waals surface area contributed by atoms with Crippen LogP contribution in [0.25, 0.3) is 0 Å². The molecule has 0 radical (unpaired) electrons. The number of guanidine groups is 1. The van der Waals surface area contributed by atoms with Crippen LogP contribution in [0.1, 0.15) is 38.8 Å². The molecule has 0 bridgehead atoms. The Hall–Kier alpha value is -2.83. The number of aromatic nitrogens is 2. The lowest BCUT2D eigenvalue weighted by atomic mass is 9.93. The van der Waals surface area contributed by atoms with Gasteiger partial charge < -0.3 is 16.0 Å². The zero-order valence-electron chi connectivity index (χ0n) is 16.4. The van der Waals surface area contributed by atoms with Crippen LogP contribution in [0.2, 0.25) is 0 Å². The lowest BCUT2D eigenvalue weighted by Crippen LogP contribution is -2.44. The van der Waals surface area contributed by atoms with Crippen LogP contribution in [0.4, 0.5) is 5.69 Å². The van der Waals surface area contributed by atoms with Crippen LogP contribution in [-0.4, -0.2) is 38.6 Å². The highest BCUT2D eigenvalue weighted by Gasteiger charge is 2.45. The molecule has 0 spiro atoms. The van der Waals surface area contributed by atoms with E-state index in [0.29, 0.717) is 18.9 Å². The molecule has 0 unspecified atom stereocenters. The second-order valence-corrected chi connectivity index (χ2v) is 8.01. The molecule has 27 heavy (non-hydrogen) atoms. The average Bonchev–Trinajstić information content (AvgIpc) is 3.16. The summed E-state index contributed by atoms with van der Waals surface area (Å²) in [7, 11) is 1.89. The monoisotopic (exact) mass is 368 g/mol. The summed E-state index contributed by atoms with van der Waals surface area (Å²) in [5, 5.41) is 7.38. The SMILES string of the molecule is Cn1cc([C@H]2[C@H](CN=C(N)Nc3ccccc3)CC(=O)N2C(C)(C)C)cn1. The van der Waals surface area contributed by atoms with E-state index in [0.717, 1.165) is 11.3 Å². The summed E-state index contributed by atoms with van der Waals surface area (Å²) in [5.74, 6) is 0.552. The van der Waals surface area contributed by atoms with E-state index in [-0.39, 0.29) is 23.4 Å². The van der Waals surface area contributed by atoms with E-state index in [2.05, 4.69) is 36.2 Å². The third kappa shape index (κ3) is 4.30. The van der Waals surface area contributed by atoms with Crippen molar-refractivity contribution in [2.75, 3.05) is 11.9 Å². The number of benzene rings is 1. The molecule has 1 fully saturated rings. The molecule has 144 valence electrons. The van der Waals surface area contributed by atoms with Gasteiger partial charge in [0.2, 0.25) is 5.91 Å². The van der Waals surface area contributed by atoms with Gasteiger partial charge in [0.05, 0.1) is 12.2 Å². The van der Waals surface area contributed by atoms with Crippen LogP contribution in [0.15, 0.2) is 47.7 Å². The van der Waals surface area contributed by atoms with Crippen molar-refractivity contribution in [3.05, 3.63) is 48.3 Å². The molecule has 3 N–H and O–H groups in total. The second-order valence-electron chi connectivity index (χ2n) is 8.01. The first-order valence-electron chi connectivity index (χ1n) is 9.18. The van der Waals surface area contributed by atoms with Gasteiger partial charge in [-0.3, -0.25) is 14.5 Å². The molecule has 7 nitrogen and oxygen atoms in total. The van der Waals surface area contributed by atoms with Crippen molar-refractivity contribution in [1.29, 1.82) is 0 Å². The van der Waals surface area contributed by atoms with E-state index in [1.807, 2.05) is 54.7 Å². The van der Waals surface area contributed by atoms with Crippen LogP contribution in [0.3, 0.4) is 0 Å². The Balaban J connectivity index is 1.80. The van der Waals surface area contributed by atoms with E-state index in [1.54, 1.807) is 4.68 Å². The fourth-order valence-corrected chi connectivity index (χ4v) is 3.69. The number of anilines is 1. The molecule has 1 amide bonds. The fraction of sp³-hybridized carbons (Fsp3) is 0.450. The van der Waals surface area contributed by atoms with Crippen molar-refractivity contribution in [1.82, 2.24) is 14.7 Å². The van der Waals surface area contributed by atoms with E-state index >= 15 is 0 Å². The summed E-state index contributed by atoms with van der Waals surface area (Å²) in [4.78, 5) is 19.2. The van der Waals surface area contributed by atoms with Crippen LogP contribution in [0, 0.1) is 5.92 Å². The maximum atomic E-state index is 12.8. The molecule has 1 aromatic heterocycles. The fourth-order valence-electron chi connectivity index (χ4n) is 3.69. The first kappa shape index (κ1) is 18.9. The van der Waals surface area contributed by atoms with Crippen LogP contribution in [-0.2, 0) is 11.8 Å². The molecular weight excluding hydrogens is 340 g/mol. The highest BCUT2D eigenvalue weighted by Crippen LogP contribution is 2.42. The van der Waals surface area contributed by atoms with Gasteiger partial charge in [-0.1, -0.05) is 18.2 Å². The number of aryl methyl sites for hydroxylation is 1. The highest BCUT2D eigenvalue weighted by molar-refractivity contribution is 5.92. The Morgan fingerprint density at radius 2 is 2.04 bits per heavy atom. The van der Waals surface area contributed by atoms with Crippen LogP contribution >= 0.6 is 0 Å². The van der Waals surface area contributed by atoms with E-state index in [1.165, 1.54) is 0 Å². The third-order valence-corrected chi connectivity index (χ3v) is 4.76. The van der Waals surface area contributed by atoms with Crippen molar-refractivity contribution < 1.29 is 4.79 Å². The summed E-state index contributed by atoms with van der Waals surface area (Å²) in [6.07, 6.45) is 4.27. The van der Waals surface area contributed by atoms with Gasteiger partial charge in [0, 0.05) is 48.9 Å². The molecule has 1 aliphatic rings. The second kappa shape index (κ2) is 7.42. The van der Waals surface area contributed by atoms with Gasteiger partial charge in [0.25, 0.3) is 0 Å². The van der Waals surface area contributed by atoms with Gasteiger partial charge in [0.1, 0.15) is 0 Å². The molecule has 7 heteroatoms. The smallest absolute Gasteiger partial charge is 0.223 e. The van der Waals surface area contributed by atoms with Gasteiger partial charge >= 0.3 is 0 Å². The van der Waals surface area contributed by atoms with Gasteiger partial charge in [-0.15, -0.1) is 0 Å². The molecule has 1 saturated heterocycles. The Labute approximate surface area is 160 Å². The Morgan fingerprint density at radius 3 is 2.63 bits per heavy atom. The van der Waals surface area contributed by atoms with Crippen molar-refractivity contribution in [2.24, 2.45) is 23.7 Å². The molecule has 1 aliphatic heterocycles. The van der Waals surface area contributed by atoms with Gasteiger partial charge in [-0.2, -0.15) is 5.10 Å². The molecule has 1 aromatic carbocycles. The summed E-state index contributed by atoms with van der Waals surface area (Å²) in [6.45, 7) is 6.66. The summed E-state index contributed by atoms with van der Waals surface area (Å²) >= 11 is 0. The summed E-state index contributed by atoms with van der Waals surface area (Å²) in [5.41, 5.74) is 7.70. The molecule has 2 heterocycles. The maximum absolute atomic E-state index is 12.8. The lowest BCUT2D eigenvalue weighted by molar-refractivity contribution is -0.133. The van der Waals surface area contributed by atoms with Gasteiger partial charge in [-0.25, -0.2) is 0 Å². The number of nitrogens with zero attached hydrogens (tertiary/aromatic N) is 4. The average molecular weight is 368 g/mol. The minimum atomic E-state index is -0.274. The quantitative estimate of drug-likeness (QED) is 0.641.